The highest BCUT2D eigenvalue weighted by atomic mass is 79.9. The number of aromatic nitrogens is 1. The van der Waals surface area contributed by atoms with Crippen molar-refractivity contribution in [2.75, 3.05) is 0 Å². The summed E-state index contributed by atoms with van der Waals surface area (Å²) in [5.41, 5.74) is 0.963. The van der Waals surface area contributed by atoms with Crippen molar-refractivity contribution in [3.63, 3.8) is 0 Å². The maximum atomic E-state index is 11.4. The normalized spacial score (nSPS) is 10.1. The molecule has 0 radical (unpaired) electrons. The van der Waals surface area contributed by atoms with E-state index in [0.29, 0.717) is 6.54 Å². The number of amides is 1. The van der Waals surface area contributed by atoms with Crippen LogP contribution in [0.4, 0.5) is 4.79 Å². The molecule has 18 heavy (non-hydrogen) atoms. The molecule has 0 fully saturated rings. The summed E-state index contributed by atoms with van der Waals surface area (Å²) in [6.07, 6.45) is 1.27. The molecule has 94 valence electrons. The molecule has 4 nitrogen and oxygen atoms in total. The van der Waals surface area contributed by atoms with Crippen molar-refractivity contribution < 1.29 is 9.53 Å². The van der Waals surface area contributed by atoms with Crippen molar-refractivity contribution in [2.45, 2.75) is 13.2 Å². The van der Waals surface area contributed by atoms with Crippen molar-refractivity contribution >= 4 is 33.4 Å². The van der Waals surface area contributed by atoms with Gasteiger partial charge in [-0.25, -0.2) is 9.78 Å². The van der Waals surface area contributed by atoms with Gasteiger partial charge in [-0.2, -0.15) is 0 Å². The van der Waals surface area contributed by atoms with Gasteiger partial charge in [-0.15, -0.1) is 11.3 Å². The summed E-state index contributed by atoms with van der Waals surface area (Å²) in [7, 11) is 0. The van der Waals surface area contributed by atoms with Crippen LogP contribution in [0.1, 0.15) is 10.6 Å². The summed E-state index contributed by atoms with van der Waals surface area (Å²) in [6.45, 7) is 0.651. The van der Waals surface area contributed by atoms with Gasteiger partial charge in [-0.05, 0) is 21.5 Å². The molecule has 0 bridgehead atoms. The van der Waals surface area contributed by atoms with E-state index in [1.165, 1.54) is 11.3 Å². The van der Waals surface area contributed by atoms with Crippen molar-refractivity contribution in [1.82, 2.24) is 10.3 Å². The number of hydrogen-bond acceptors (Lipinski definition) is 4. The first kappa shape index (κ1) is 13.0. The maximum Gasteiger partial charge on any atom is 0.407 e. The Morgan fingerprint density at radius 1 is 1.39 bits per heavy atom. The third-order valence-electron chi connectivity index (χ3n) is 2.12. The highest BCUT2D eigenvalue weighted by molar-refractivity contribution is 9.11. The van der Waals surface area contributed by atoms with E-state index in [4.69, 9.17) is 4.74 Å². The summed E-state index contributed by atoms with van der Waals surface area (Å²) in [4.78, 5) is 15.5. The molecule has 0 saturated carbocycles. The third kappa shape index (κ3) is 4.12. The molecule has 0 atom stereocenters. The van der Waals surface area contributed by atoms with Gasteiger partial charge in [-0.1, -0.05) is 30.3 Å². The Hall–Kier alpha value is -1.40. The molecule has 6 heteroatoms. The SMILES string of the molecule is O=C(NCc1ncc(Br)s1)OCc1ccccc1. The van der Waals surface area contributed by atoms with Crippen LogP contribution in [0.2, 0.25) is 0 Å². The smallest absolute Gasteiger partial charge is 0.407 e. The van der Waals surface area contributed by atoms with Crippen molar-refractivity contribution in [2.24, 2.45) is 0 Å². The lowest BCUT2D eigenvalue weighted by Crippen LogP contribution is -2.23. The molecule has 1 aromatic heterocycles. The van der Waals surface area contributed by atoms with E-state index in [0.717, 1.165) is 14.4 Å². The van der Waals surface area contributed by atoms with Crippen LogP contribution in [0.3, 0.4) is 0 Å². The summed E-state index contributed by atoms with van der Waals surface area (Å²) in [5.74, 6) is 0. The van der Waals surface area contributed by atoms with Gasteiger partial charge >= 0.3 is 6.09 Å². The number of benzene rings is 1. The summed E-state index contributed by atoms with van der Waals surface area (Å²) >= 11 is 4.79. The zero-order chi connectivity index (χ0) is 12.8. The number of halogens is 1. The average Bonchev–Trinajstić information content (AvgIpc) is 2.81. The fourth-order valence-corrected chi connectivity index (χ4v) is 2.53. The largest absolute Gasteiger partial charge is 0.445 e. The molecule has 2 aromatic rings. The fourth-order valence-electron chi connectivity index (χ4n) is 1.29. The number of ether oxygens (including phenoxy) is 1. The van der Waals surface area contributed by atoms with Gasteiger partial charge in [0.1, 0.15) is 11.6 Å². The quantitative estimate of drug-likeness (QED) is 0.937. The lowest BCUT2D eigenvalue weighted by Gasteiger charge is -2.05. The van der Waals surface area contributed by atoms with E-state index in [2.05, 4.69) is 26.2 Å². The molecule has 0 aliphatic heterocycles. The highest BCUT2D eigenvalue weighted by Gasteiger charge is 2.04. The minimum atomic E-state index is -0.440. The number of nitrogens with one attached hydrogen (secondary N) is 1. The first-order valence-corrected chi connectivity index (χ1v) is 6.90. The van der Waals surface area contributed by atoms with Gasteiger partial charge in [0.05, 0.1) is 16.5 Å². The van der Waals surface area contributed by atoms with Gasteiger partial charge in [-0.3, -0.25) is 0 Å². The maximum absolute atomic E-state index is 11.4. The molecular formula is C12H11BrN2O2S. The first-order valence-electron chi connectivity index (χ1n) is 5.29. The summed E-state index contributed by atoms with van der Waals surface area (Å²) in [6, 6.07) is 9.55. The molecule has 0 aliphatic rings. The Morgan fingerprint density at radius 2 is 2.17 bits per heavy atom. The molecule has 0 unspecified atom stereocenters. The molecule has 0 aliphatic carbocycles. The molecule has 1 heterocycles. The van der Waals surface area contributed by atoms with Gasteiger partial charge < -0.3 is 10.1 Å². The number of carbonyl (C=O) groups excluding carboxylic acids is 1. The number of hydrogen-bond donors (Lipinski definition) is 1. The predicted molar refractivity (Wildman–Crippen MR) is 73.3 cm³/mol. The van der Waals surface area contributed by atoms with Gasteiger partial charge in [0, 0.05) is 0 Å². The van der Waals surface area contributed by atoms with E-state index in [1.807, 2.05) is 30.3 Å². The third-order valence-corrected chi connectivity index (χ3v) is 3.60. The van der Waals surface area contributed by atoms with E-state index in [1.54, 1.807) is 6.20 Å². The Bertz CT molecular complexity index is 516. The minimum Gasteiger partial charge on any atom is -0.445 e. The highest BCUT2D eigenvalue weighted by Crippen LogP contribution is 2.18. The number of alkyl carbamates (subject to hydrolysis) is 1. The van der Waals surface area contributed by atoms with Crippen molar-refractivity contribution in [1.29, 1.82) is 0 Å². The van der Waals surface area contributed by atoms with Crippen LogP contribution in [-0.4, -0.2) is 11.1 Å². The number of thiazole rings is 1. The fraction of sp³-hybridized carbons (Fsp3) is 0.167. The number of carbonyl (C=O) groups is 1. The lowest BCUT2D eigenvalue weighted by molar-refractivity contribution is 0.139. The van der Waals surface area contributed by atoms with Crippen LogP contribution >= 0.6 is 27.3 Å². The van der Waals surface area contributed by atoms with Crippen LogP contribution in [-0.2, 0) is 17.9 Å². The topological polar surface area (TPSA) is 51.2 Å². The van der Waals surface area contributed by atoms with Crippen LogP contribution in [0.25, 0.3) is 0 Å². The van der Waals surface area contributed by atoms with E-state index in [9.17, 15) is 4.79 Å². The Balaban J connectivity index is 1.73. The van der Waals surface area contributed by atoms with Gasteiger partial charge in [0.25, 0.3) is 0 Å². The van der Waals surface area contributed by atoms with E-state index >= 15 is 0 Å². The monoisotopic (exact) mass is 326 g/mol. The van der Waals surface area contributed by atoms with Crippen LogP contribution in [0, 0.1) is 0 Å². The average molecular weight is 327 g/mol. The van der Waals surface area contributed by atoms with Crippen LogP contribution < -0.4 is 5.32 Å². The second-order valence-electron chi connectivity index (χ2n) is 3.47. The lowest BCUT2D eigenvalue weighted by atomic mass is 10.2. The molecule has 1 amide bonds. The number of rotatable bonds is 4. The Morgan fingerprint density at radius 3 is 2.83 bits per heavy atom. The second kappa shape index (κ2) is 6.51. The molecule has 0 spiro atoms. The number of nitrogens with zero attached hydrogens (tertiary/aromatic N) is 1. The zero-order valence-corrected chi connectivity index (χ0v) is 11.8. The van der Waals surface area contributed by atoms with Crippen LogP contribution in [0.15, 0.2) is 40.3 Å². The predicted octanol–water partition coefficient (Wildman–Crippen LogP) is 3.33. The second-order valence-corrected chi connectivity index (χ2v) is 5.97. The Kier molecular flexibility index (Phi) is 4.72. The van der Waals surface area contributed by atoms with E-state index < -0.39 is 6.09 Å². The first-order chi connectivity index (χ1) is 8.74. The zero-order valence-electron chi connectivity index (χ0n) is 9.43. The Labute approximate surface area is 117 Å². The molecular weight excluding hydrogens is 316 g/mol. The molecule has 2 rings (SSSR count). The minimum absolute atomic E-state index is 0.272. The van der Waals surface area contributed by atoms with Gasteiger partial charge in [0.15, 0.2) is 0 Å². The summed E-state index contributed by atoms with van der Waals surface area (Å²) in [5, 5.41) is 3.48. The van der Waals surface area contributed by atoms with Crippen molar-refractivity contribution in [3.05, 3.63) is 50.9 Å². The van der Waals surface area contributed by atoms with Gasteiger partial charge in [0.2, 0.25) is 0 Å². The molecule has 1 aromatic carbocycles. The molecule has 1 N–H and O–H groups in total. The summed E-state index contributed by atoms with van der Waals surface area (Å²) < 4.78 is 6.01. The van der Waals surface area contributed by atoms with E-state index in [-0.39, 0.29) is 6.61 Å². The van der Waals surface area contributed by atoms with Crippen molar-refractivity contribution in [3.8, 4) is 0 Å². The molecule has 0 saturated heterocycles. The standard InChI is InChI=1S/C12H11BrN2O2S/c13-10-6-14-11(18-10)7-15-12(16)17-8-9-4-2-1-3-5-9/h1-6H,7-8H2,(H,15,16). The van der Waals surface area contributed by atoms with Crippen LogP contribution in [0.5, 0.6) is 0 Å².